The van der Waals surface area contributed by atoms with Crippen molar-refractivity contribution in [3.8, 4) is 11.4 Å². The topological polar surface area (TPSA) is 184 Å². The van der Waals surface area contributed by atoms with Gasteiger partial charge in [0.15, 0.2) is 5.58 Å². The largest absolute Gasteiger partial charge is 0.453 e. The van der Waals surface area contributed by atoms with Crippen molar-refractivity contribution in [1.82, 2.24) is 30.0 Å². The Morgan fingerprint density at radius 1 is 1.04 bits per heavy atom. The highest BCUT2D eigenvalue weighted by atomic mass is 19.1. The van der Waals surface area contributed by atoms with Gasteiger partial charge >= 0.3 is 6.09 Å². The van der Waals surface area contributed by atoms with E-state index in [4.69, 9.17) is 8.83 Å². The molecule has 0 aliphatic heterocycles. The van der Waals surface area contributed by atoms with E-state index in [0.29, 0.717) is 16.7 Å². The maximum Gasteiger partial charge on any atom is 0.411 e. The summed E-state index contributed by atoms with van der Waals surface area (Å²) in [5.41, 5.74) is -0.813. The van der Waals surface area contributed by atoms with E-state index >= 15 is 0 Å². The molecule has 0 bridgehead atoms. The summed E-state index contributed by atoms with van der Waals surface area (Å²) in [6.07, 6.45) is 0.282. The lowest BCUT2D eigenvalue weighted by atomic mass is 9.93. The molecule has 5 aromatic rings. The SMILES string of the molecule is COC(=O)Nc1cnc(-c2ccccc2)n(CC(=O)N[C@H](C(=O)c2nnc(C(C)(C)c3nc4cc(F)ccc4o3)o2)C(C)C)c1=O. The third-order valence-electron chi connectivity index (χ3n) is 7.12. The van der Waals surface area contributed by atoms with Crippen molar-refractivity contribution >= 4 is 34.6 Å². The van der Waals surface area contributed by atoms with Gasteiger partial charge in [-0.2, -0.15) is 0 Å². The maximum absolute atomic E-state index is 13.7. The molecule has 3 aromatic heterocycles. The average Bonchev–Trinajstić information content (AvgIpc) is 3.70. The van der Waals surface area contributed by atoms with Crippen LogP contribution >= 0.6 is 0 Å². The van der Waals surface area contributed by atoms with Crippen LogP contribution in [0.1, 0.15) is 50.2 Å². The van der Waals surface area contributed by atoms with Gasteiger partial charge in [-0.3, -0.25) is 24.3 Å². The molecule has 0 spiro atoms. The summed E-state index contributed by atoms with van der Waals surface area (Å²) in [5.74, 6) is -2.28. The lowest BCUT2D eigenvalue weighted by Gasteiger charge is -2.21. The van der Waals surface area contributed by atoms with Crippen LogP contribution in [0.5, 0.6) is 0 Å². The van der Waals surface area contributed by atoms with Gasteiger partial charge in [-0.25, -0.2) is 19.2 Å². The van der Waals surface area contributed by atoms with E-state index in [9.17, 15) is 23.6 Å². The number of anilines is 1. The molecule has 0 saturated carbocycles. The fourth-order valence-electron chi connectivity index (χ4n) is 4.57. The fourth-order valence-corrected chi connectivity index (χ4v) is 4.57. The van der Waals surface area contributed by atoms with Gasteiger partial charge in [0.05, 0.1) is 19.3 Å². The lowest BCUT2D eigenvalue weighted by molar-refractivity contribution is -0.122. The zero-order valence-electron chi connectivity index (χ0n) is 25.5. The van der Waals surface area contributed by atoms with Crippen LogP contribution in [0.2, 0.25) is 0 Å². The number of rotatable bonds is 10. The number of carbonyl (C=O) groups is 3. The summed E-state index contributed by atoms with van der Waals surface area (Å²) in [6, 6.07) is 11.5. The van der Waals surface area contributed by atoms with Crippen molar-refractivity contribution in [2.75, 3.05) is 12.4 Å². The highest BCUT2D eigenvalue weighted by Crippen LogP contribution is 2.32. The first-order valence-corrected chi connectivity index (χ1v) is 14.1. The summed E-state index contributed by atoms with van der Waals surface area (Å²) < 4.78 is 30.9. The number of halogens is 1. The van der Waals surface area contributed by atoms with Crippen molar-refractivity contribution < 1.29 is 32.3 Å². The van der Waals surface area contributed by atoms with Crippen molar-refractivity contribution in [2.24, 2.45) is 5.92 Å². The molecule has 46 heavy (non-hydrogen) atoms. The molecule has 2 N–H and O–H groups in total. The second-order valence-electron chi connectivity index (χ2n) is 11.2. The van der Waals surface area contributed by atoms with Crippen LogP contribution in [-0.4, -0.2) is 55.7 Å². The molecule has 238 valence electrons. The number of nitrogens with one attached hydrogen (secondary N) is 2. The molecular weight excluding hydrogens is 601 g/mol. The van der Waals surface area contributed by atoms with Crippen LogP contribution in [0.3, 0.4) is 0 Å². The van der Waals surface area contributed by atoms with Crippen LogP contribution in [-0.2, 0) is 21.5 Å². The van der Waals surface area contributed by atoms with Crippen molar-refractivity contribution in [2.45, 2.75) is 45.7 Å². The van der Waals surface area contributed by atoms with Gasteiger partial charge in [0, 0.05) is 11.6 Å². The molecule has 3 heterocycles. The summed E-state index contributed by atoms with van der Waals surface area (Å²) in [5, 5.41) is 12.9. The first-order valence-electron chi connectivity index (χ1n) is 14.1. The number of amides is 2. The van der Waals surface area contributed by atoms with Gasteiger partial charge in [-0.15, -0.1) is 10.2 Å². The van der Waals surface area contributed by atoms with Gasteiger partial charge in [0.2, 0.25) is 23.5 Å². The number of aromatic nitrogens is 5. The number of carbonyl (C=O) groups excluding carboxylic acids is 3. The van der Waals surface area contributed by atoms with Gasteiger partial charge in [0.1, 0.15) is 34.8 Å². The van der Waals surface area contributed by atoms with Crippen LogP contribution in [0, 0.1) is 11.7 Å². The molecule has 0 saturated heterocycles. The third-order valence-corrected chi connectivity index (χ3v) is 7.12. The van der Waals surface area contributed by atoms with Gasteiger partial charge in [0.25, 0.3) is 11.4 Å². The highest BCUT2D eigenvalue weighted by Gasteiger charge is 2.37. The molecule has 0 fully saturated rings. The Kier molecular flexibility index (Phi) is 8.76. The number of Topliss-reactive ketones (excluding diaryl/α,β-unsaturated/α-hetero) is 1. The number of benzene rings is 2. The summed E-state index contributed by atoms with van der Waals surface area (Å²) >= 11 is 0. The van der Waals surface area contributed by atoms with E-state index in [-0.39, 0.29) is 29.2 Å². The van der Waals surface area contributed by atoms with Crippen LogP contribution < -0.4 is 16.2 Å². The Labute approximate surface area is 261 Å². The number of methoxy groups -OCH3 is 1. The standard InChI is InChI=1S/C31H30FN7O7/c1-16(2)23(24(41)26-37-38-29(46-26)31(3,4)28-34-19-13-18(32)11-12-21(19)45-28)36-22(40)15-39-25(17-9-7-6-8-10-17)33-14-20(27(39)42)35-30(43)44-5/h6-14,16,23H,15H2,1-5H3,(H,35,43)(H,36,40)/t23-/m0/s1. The normalized spacial score (nSPS) is 12.2. The Bertz CT molecular complexity index is 1980. The van der Waals surface area contributed by atoms with Gasteiger partial charge in [-0.05, 0) is 31.9 Å². The minimum absolute atomic E-state index is 0.0109. The predicted octanol–water partition coefficient (Wildman–Crippen LogP) is 4.10. The smallest absolute Gasteiger partial charge is 0.411 e. The summed E-state index contributed by atoms with van der Waals surface area (Å²) in [6.45, 7) is 6.27. The number of oxazole rings is 1. The number of hydrogen-bond donors (Lipinski definition) is 2. The number of fused-ring (bicyclic) bond motifs is 1. The molecule has 2 amide bonds. The summed E-state index contributed by atoms with van der Waals surface area (Å²) in [7, 11) is 1.14. The predicted molar refractivity (Wildman–Crippen MR) is 161 cm³/mol. The molecule has 0 unspecified atom stereocenters. The van der Waals surface area contributed by atoms with E-state index in [0.717, 1.165) is 11.7 Å². The molecule has 15 heteroatoms. The summed E-state index contributed by atoms with van der Waals surface area (Å²) in [4.78, 5) is 60.7. The fraction of sp³-hybridized carbons (Fsp3) is 0.290. The Balaban J connectivity index is 1.39. The molecule has 5 rings (SSSR count). The monoisotopic (exact) mass is 631 g/mol. The van der Waals surface area contributed by atoms with E-state index < -0.39 is 53.1 Å². The van der Waals surface area contributed by atoms with E-state index in [1.54, 1.807) is 58.0 Å². The molecular formula is C31H30FN7O7. The van der Waals surface area contributed by atoms with Crippen LogP contribution in [0.25, 0.3) is 22.5 Å². The molecule has 0 aliphatic carbocycles. The first-order chi connectivity index (χ1) is 21.9. The zero-order chi connectivity index (χ0) is 33.2. The molecule has 2 aromatic carbocycles. The second kappa shape index (κ2) is 12.7. The average molecular weight is 632 g/mol. The van der Waals surface area contributed by atoms with E-state index in [2.05, 4.69) is 35.5 Å². The van der Waals surface area contributed by atoms with E-state index in [1.807, 2.05) is 0 Å². The molecule has 0 radical (unpaired) electrons. The number of nitrogens with zero attached hydrogens (tertiary/aromatic N) is 5. The Morgan fingerprint density at radius 2 is 1.78 bits per heavy atom. The first kappa shape index (κ1) is 31.7. The Morgan fingerprint density at radius 3 is 2.48 bits per heavy atom. The lowest BCUT2D eigenvalue weighted by Crippen LogP contribution is -2.46. The van der Waals surface area contributed by atoms with Crippen LogP contribution in [0.15, 0.2) is 68.4 Å². The second-order valence-corrected chi connectivity index (χ2v) is 11.2. The maximum atomic E-state index is 13.7. The van der Waals surface area contributed by atoms with Crippen LogP contribution in [0.4, 0.5) is 14.9 Å². The van der Waals surface area contributed by atoms with Crippen molar-refractivity contribution in [3.63, 3.8) is 0 Å². The molecule has 14 nitrogen and oxygen atoms in total. The molecule has 0 aliphatic rings. The van der Waals surface area contributed by atoms with Crippen molar-refractivity contribution in [3.05, 3.63) is 88.6 Å². The van der Waals surface area contributed by atoms with E-state index in [1.165, 1.54) is 24.4 Å². The quantitative estimate of drug-likeness (QED) is 0.212. The van der Waals surface area contributed by atoms with Gasteiger partial charge in [-0.1, -0.05) is 44.2 Å². The number of hydrogen-bond acceptors (Lipinski definition) is 11. The number of ketones is 1. The Hall–Kier alpha value is -5.73. The van der Waals surface area contributed by atoms with Gasteiger partial charge < -0.3 is 18.9 Å². The highest BCUT2D eigenvalue weighted by molar-refractivity contribution is 5.98. The zero-order valence-corrected chi connectivity index (χ0v) is 25.5. The third kappa shape index (κ3) is 6.38. The molecule has 1 atom stereocenters. The van der Waals surface area contributed by atoms with Crippen molar-refractivity contribution in [1.29, 1.82) is 0 Å². The number of ether oxygens (including phenoxy) is 1. The minimum atomic E-state index is -1.11. The minimum Gasteiger partial charge on any atom is -0.453 e.